The number of rotatable bonds is 12. The van der Waals surface area contributed by atoms with Crippen molar-refractivity contribution in [3.63, 3.8) is 0 Å². The van der Waals surface area contributed by atoms with E-state index in [1.807, 2.05) is 24.3 Å². The van der Waals surface area contributed by atoms with Gasteiger partial charge < -0.3 is 18.3 Å². The lowest BCUT2D eigenvalue weighted by atomic mass is 9.98. The molecule has 0 radical (unpaired) electrons. The van der Waals surface area contributed by atoms with Gasteiger partial charge in [0.05, 0.1) is 66.9 Å². The Hall–Kier alpha value is -16.2. The Morgan fingerprint density at radius 2 is 0.458 bits per heavy atom. The zero-order valence-corrected chi connectivity index (χ0v) is 65.1. The van der Waals surface area contributed by atoms with Gasteiger partial charge in [-0.25, -0.2) is 19.9 Å². The van der Waals surface area contributed by atoms with Gasteiger partial charge in [0.1, 0.15) is 0 Å². The van der Waals surface area contributed by atoms with Crippen molar-refractivity contribution in [3.05, 3.63) is 437 Å². The number of nitrogens with zero attached hydrogens (tertiary/aromatic N) is 8. The van der Waals surface area contributed by atoms with Crippen LogP contribution in [0.25, 0.3) is 222 Å². The van der Waals surface area contributed by atoms with E-state index in [-0.39, 0.29) is 0 Å². The maximum atomic E-state index is 5.39. The van der Waals surface area contributed by atoms with Gasteiger partial charge in [-0.2, -0.15) is 0 Å². The molecule has 0 spiro atoms. The van der Waals surface area contributed by atoms with Gasteiger partial charge in [-0.3, -0.25) is 0 Å². The highest BCUT2D eigenvalue weighted by atomic mass is 15.0. The summed E-state index contributed by atoms with van der Waals surface area (Å²) >= 11 is 0. The predicted octanol–water partition coefficient (Wildman–Crippen LogP) is 29.0. The number of benzene rings is 18. The van der Waals surface area contributed by atoms with E-state index in [2.05, 4.69) is 431 Å². The smallest absolute Gasteiger partial charge is 0.161 e. The number of para-hydroxylation sites is 6. The van der Waals surface area contributed by atoms with Crippen molar-refractivity contribution in [2.45, 2.75) is 0 Å². The van der Waals surface area contributed by atoms with Crippen molar-refractivity contribution in [1.29, 1.82) is 0 Å². The van der Waals surface area contributed by atoms with Crippen molar-refractivity contribution >= 4 is 109 Å². The Labute approximate surface area is 692 Å². The molecule has 24 rings (SSSR count). The molecule has 0 fully saturated rings. The van der Waals surface area contributed by atoms with E-state index in [0.29, 0.717) is 11.6 Å². The first kappa shape index (κ1) is 69.4. The van der Waals surface area contributed by atoms with Crippen LogP contribution >= 0.6 is 0 Å². The van der Waals surface area contributed by atoms with Crippen molar-refractivity contribution in [2.24, 2.45) is 0 Å². The van der Waals surface area contributed by atoms with E-state index >= 15 is 0 Å². The van der Waals surface area contributed by atoms with Crippen LogP contribution in [0.5, 0.6) is 0 Å². The molecule has 0 saturated carbocycles. The third-order valence-corrected chi connectivity index (χ3v) is 23.8. The third kappa shape index (κ3) is 11.8. The molecule has 8 nitrogen and oxygen atoms in total. The van der Waals surface area contributed by atoms with Gasteiger partial charge in [0.15, 0.2) is 11.6 Å². The van der Waals surface area contributed by atoms with Crippen LogP contribution in [-0.4, -0.2) is 38.2 Å². The van der Waals surface area contributed by atoms with E-state index in [4.69, 9.17) is 19.9 Å². The summed E-state index contributed by atoms with van der Waals surface area (Å²) in [5, 5.41) is 14.3. The highest BCUT2D eigenvalue weighted by Crippen LogP contribution is 2.47. The van der Waals surface area contributed by atoms with Crippen molar-refractivity contribution in [2.75, 3.05) is 0 Å². The fourth-order valence-corrected chi connectivity index (χ4v) is 18.4. The molecule has 0 amide bonds. The summed E-state index contributed by atoms with van der Waals surface area (Å²) < 4.78 is 9.74. The number of aromatic nitrogens is 8. The Bertz CT molecular complexity index is 7610. The molecule has 6 heterocycles. The molecule has 8 heteroatoms. The molecule has 0 aliphatic carbocycles. The summed E-state index contributed by atoms with van der Waals surface area (Å²) in [6.07, 6.45) is 0. The molecule has 6 aromatic heterocycles. The molecule has 0 aliphatic heterocycles. The first-order chi connectivity index (χ1) is 59.5. The van der Waals surface area contributed by atoms with Gasteiger partial charge in [0, 0.05) is 99.2 Å². The van der Waals surface area contributed by atoms with E-state index in [0.717, 1.165) is 123 Å². The van der Waals surface area contributed by atoms with E-state index in [9.17, 15) is 0 Å². The quantitative estimate of drug-likeness (QED) is 0.122. The van der Waals surface area contributed by atoms with Gasteiger partial charge in [0.25, 0.3) is 0 Å². The van der Waals surface area contributed by atoms with Crippen molar-refractivity contribution in [3.8, 4) is 113 Å². The second-order valence-electron chi connectivity index (χ2n) is 30.8. The van der Waals surface area contributed by atoms with Crippen LogP contribution in [0.3, 0.4) is 0 Å². The molecule has 120 heavy (non-hydrogen) atoms. The van der Waals surface area contributed by atoms with Crippen molar-refractivity contribution in [1.82, 2.24) is 38.2 Å². The lowest BCUT2D eigenvalue weighted by molar-refractivity contribution is 1.16. The second kappa shape index (κ2) is 29.0. The molecule has 0 aliphatic rings. The Kier molecular flexibility index (Phi) is 16.7. The largest absolute Gasteiger partial charge is 0.309 e. The summed E-state index contributed by atoms with van der Waals surface area (Å²) in [5.74, 6) is 1.38. The van der Waals surface area contributed by atoms with E-state index < -0.39 is 0 Å². The highest BCUT2D eigenvalue weighted by molar-refractivity contribution is 6.28. The molecule has 0 bridgehead atoms. The van der Waals surface area contributed by atoms with Crippen LogP contribution in [0.4, 0.5) is 0 Å². The van der Waals surface area contributed by atoms with E-state index in [1.165, 1.54) is 87.4 Å². The zero-order chi connectivity index (χ0) is 79.1. The molecule has 24 aromatic rings. The van der Waals surface area contributed by atoms with Gasteiger partial charge in [-0.05, 0) is 141 Å². The third-order valence-electron chi connectivity index (χ3n) is 23.8. The lowest BCUT2D eigenvalue weighted by Crippen LogP contribution is -1.99. The van der Waals surface area contributed by atoms with Crippen LogP contribution in [-0.2, 0) is 0 Å². The lowest BCUT2D eigenvalue weighted by Gasteiger charge is -2.15. The molecule has 0 N–H and O–H groups in total. The minimum atomic E-state index is 0.684. The van der Waals surface area contributed by atoms with Gasteiger partial charge in [-0.15, -0.1) is 0 Å². The minimum absolute atomic E-state index is 0.684. The predicted molar refractivity (Wildman–Crippen MR) is 500 cm³/mol. The molecule has 0 unspecified atom stereocenters. The normalized spacial score (nSPS) is 11.7. The average molecular weight is 1530 g/mol. The summed E-state index contributed by atoms with van der Waals surface area (Å²) in [5.41, 5.74) is 28.1. The monoisotopic (exact) mass is 1530 g/mol. The second-order valence-corrected chi connectivity index (χ2v) is 30.8. The average Bonchev–Trinajstić information content (AvgIpc) is 1.55. The Balaban J connectivity index is 0.000000140. The fraction of sp³-hybridized carbons (Fsp3) is 0. The SMILES string of the molecule is c1ccc(-c2ccc(-c3cc(-c4cc(-n5c6ccccc6c6c5ccc5c7ccccc7n(-c7ccccc7)c56)cc5ccccc45)nc(-c4ccccc4)n3)cc2)cc1.c1ccc(-c2ccc(-c3cc(-c4ccccc4)nc(-c4cc(-n5c6ccccc6c6c5ccc5c7ccccc7n(-c7ccccc7)c56)cc5ccccc45)n3)cc2)cc1. The summed E-state index contributed by atoms with van der Waals surface area (Å²) in [6, 6.07) is 156. The minimum Gasteiger partial charge on any atom is -0.309 e. The van der Waals surface area contributed by atoms with Crippen LogP contribution in [0, 0.1) is 0 Å². The first-order valence-corrected chi connectivity index (χ1v) is 40.8. The fourth-order valence-electron chi connectivity index (χ4n) is 18.4. The first-order valence-electron chi connectivity index (χ1n) is 40.8. The molecule has 0 saturated heterocycles. The molecular formula is C112H72N8. The summed E-state index contributed by atoms with van der Waals surface area (Å²) in [7, 11) is 0. The Morgan fingerprint density at radius 1 is 0.158 bits per heavy atom. The van der Waals surface area contributed by atoms with Gasteiger partial charge in [-0.1, -0.05) is 340 Å². The van der Waals surface area contributed by atoms with Crippen LogP contribution in [0.15, 0.2) is 437 Å². The van der Waals surface area contributed by atoms with Gasteiger partial charge in [0.2, 0.25) is 0 Å². The maximum Gasteiger partial charge on any atom is 0.161 e. The number of hydrogen-bond donors (Lipinski definition) is 0. The molecule has 560 valence electrons. The molecular weight excluding hydrogens is 1460 g/mol. The van der Waals surface area contributed by atoms with Gasteiger partial charge >= 0.3 is 0 Å². The highest BCUT2D eigenvalue weighted by Gasteiger charge is 2.26. The van der Waals surface area contributed by atoms with Crippen LogP contribution in [0.2, 0.25) is 0 Å². The topological polar surface area (TPSA) is 71.3 Å². The summed E-state index contributed by atoms with van der Waals surface area (Å²) in [6.45, 7) is 0. The van der Waals surface area contributed by atoms with E-state index in [1.54, 1.807) is 0 Å². The summed E-state index contributed by atoms with van der Waals surface area (Å²) in [4.78, 5) is 21.3. The maximum absolute atomic E-state index is 5.39. The van der Waals surface area contributed by atoms with Crippen LogP contribution in [0.1, 0.15) is 0 Å². The van der Waals surface area contributed by atoms with Crippen molar-refractivity contribution < 1.29 is 0 Å². The van der Waals surface area contributed by atoms with Crippen LogP contribution < -0.4 is 0 Å². The molecule has 0 atom stereocenters. The Morgan fingerprint density at radius 3 is 0.900 bits per heavy atom. The number of fused-ring (bicyclic) bond motifs is 16. The molecule has 18 aromatic carbocycles. The number of hydrogen-bond acceptors (Lipinski definition) is 4. The standard InChI is InChI=1S/2C56H36N4/c1-4-16-37(17-5-1)38-28-30-39(31-29-38)49-36-50(58-56(57-49)40-18-6-2-7-19-40)48-35-43(34-41-20-10-11-23-44(41)48)59-52-27-15-13-25-47(52)54-53(59)33-32-46-45-24-12-14-26-51(45)60(55(46)54)42-21-8-3-9-22-42;1-4-16-37(17-5-1)38-28-30-40(31-29-38)50-36-49(39-18-6-2-7-19-39)57-56(58-50)48-35-43(34-41-20-10-11-23-44(41)48)59-52-27-15-13-25-47(52)54-53(59)33-32-46-45-24-12-14-26-51(45)60(55(46)54)42-21-8-3-9-22-42/h2*1-36H. The zero-order valence-electron chi connectivity index (χ0n) is 65.1.